The second-order valence-electron chi connectivity index (χ2n) is 4.26. The molecule has 0 aromatic carbocycles. The van der Waals surface area contributed by atoms with E-state index in [0.717, 1.165) is 24.9 Å². The number of ether oxygens (including phenoxy) is 1. The van der Waals surface area contributed by atoms with Gasteiger partial charge < -0.3 is 4.74 Å². The van der Waals surface area contributed by atoms with Gasteiger partial charge in [0.05, 0.1) is 5.60 Å². The average Bonchev–Trinajstić information content (AvgIpc) is 2.45. The molecule has 0 spiro atoms. The fourth-order valence-electron chi connectivity index (χ4n) is 2.74. The molecule has 0 radical (unpaired) electrons. The van der Waals surface area contributed by atoms with Gasteiger partial charge in [0, 0.05) is 6.61 Å². The Hall–Kier alpha value is -0.300. The van der Waals surface area contributed by atoms with Gasteiger partial charge in [-0.2, -0.15) is 0 Å². The molecule has 1 saturated heterocycles. The highest BCUT2D eigenvalue weighted by atomic mass is 16.5. The van der Waals surface area contributed by atoms with Gasteiger partial charge in [0.2, 0.25) is 0 Å². The SMILES string of the molecule is CC[C@H]1C=CC[C@]2(C)OCC[C@@H]12. The Labute approximate surface area is 74.8 Å². The van der Waals surface area contributed by atoms with E-state index in [9.17, 15) is 0 Å². The van der Waals surface area contributed by atoms with Gasteiger partial charge in [-0.3, -0.25) is 0 Å². The maximum absolute atomic E-state index is 5.83. The molecule has 1 heteroatoms. The van der Waals surface area contributed by atoms with E-state index in [-0.39, 0.29) is 5.60 Å². The zero-order chi connectivity index (χ0) is 8.60. The van der Waals surface area contributed by atoms with Gasteiger partial charge in [0.1, 0.15) is 0 Å². The van der Waals surface area contributed by atoms with Crippen LogP contribution in [-0.4, -0.2) is 12.2 Å². The summed E-state index contributed by atoms with van der Waals surface area (Å²) in [5.41, 5.74) is 0.176. The van der Waals surface area contributed by atoms with Crippen LogP contribution in [0.3, 0.4) is 0 Å². The highest BCUT2D eigenvalue weighted by Gasteiger charge is 2.43. The summed E-state index contributed by atoms with van der Waals surface area (Å²) in [5.74, 6) is 1.55. The van der Waals surface area contributed by atoms with Gasteiger partial charge in [0.25, 0.3) is 0 Å². The summed E-state index contributed by atoms with van der Waals surface area (Å²) in [6, 6.07) is 0. The zero-order valence-electron chi connectivity index (χ0n) is 8.05. The van der Waals surface area contributed by atoms with E-state index in [1.165, 1.54) is 12.8 Å². The van der Waals surface area contributed by atoms with Crippen LogP contribution in [0.5, 0.6) is 0 Å². The summed E-state index contributed by atoms with van der Waals surface area (Å²) in [7, 11) is 0. The minimum atomic E-state index is 0.176. The molecule has 1 fully saturated rings. The Morgan fingerprint density at radius 2 is 2.42 bits per heavy atom. The lowest BCUT2D eigenvalue weighted by atomic mass is 9.72. The molecule has 0 bridgehead atoms. The first-order valence-corrected chi connectivity index (χ1v) is 5.07. The predicted octanol–water partition coefficient (Wildman–Crippen LogP) is 2.77. The van der Waals surface area contributed by atoms with E-state index < -0.39 is 0 Å². The second-order valence-corrected chi connectivity index (χ2v) is 4.26. The van der Waals surface area contributed by atoms with Gasteiger partial charge >= 0.3 is 0 Å². The highest BCUT2D eigenvalue weighted by molar-refractivity contribution is 5.08. The molecule has 3 atom stereocenters. The molecule has 0 saturated carbocycles. The third kappa shape index (κ3) is 1.11. The second kappa shape index (κ2) is 2.88. The monoisotopic (exact) mass is 166 g/mol. The van der Waals surface area contributed by atoms with Gasteiger partial charge in [-0.05, 0) is 38.0 Å². The molecular formula is C11H18O. The zero-order valence-corrected chi connectivity index (χ0v) is 8.05. The van der Waals surface area contributed by atoms with Crippen LogP contribution < -0.4 is 0 Å². The van der Waals surface area contributed by atoms with Gasteiger partial charge in [-0.15, -0.1) is 0 Å². The molecule has 2 rings (SSSR count). The van der Waals surface area contributed by atoms with Crippen molar-refractivity contribution in [2.24, 2.45) is 11.8 Å². The van der Waals surface area contributed by atoms with E-state index in [4.69, 9.17) is 4.74 Å². The minimum absolute atomic E-state index is 0.176. The maximum Gasteiger partial charge on any atom is 0.0723 e. The largest absolute Gasteiger partial charge is 0.375 e. The van der Waals surface area contributed by atoms with Crippen LogP contribution in [0.1, 0.15) is 33.1 Å². The molecule has 1 heterocycles. The van der Waals surface area contributed by atoms with Crippen molar-refractivity contribution in [2.75, 3.05) is 6.61 Å². The van der Waals surface area contributed by atoms with E-state index in [2.05, 4.69) is 26.0 Å². The summed E-state index contributed by atoms with van der Waals surface area (Å²) in [5, 5.41) is 0. The van der Waals surface area contributed by atoms with Crippen LogP contribution in [0, 0.1) is 11.8 Å². The van der Waals surface area contributed by atoms with Crippen LogP contribution in [0.25, 0.3) is 0 Å². The van der Waals surface area contributed by atoms with Crippen molar-refractivity contribution in [1.82, 2.24) is 0 Å². The van der Waals surface area contributed by atoms with E-state index >= 15 is 0 Å². The standard InChI is InChI=1S/C11H18O/c1-3-9-5-4-7-11(2)10(9)6-8-12-11/h4-5,9-10H,3,6-8H2,1-2H3/t9-,10-,11-/m0/s1. The molecule has 1 aliphatic heterocycles. The minimum Gasteiger partial charge on any atom is -0.375 e. The average molecular weight is 166 g/mol. The molecular weight excluding hydrogens is 148 g/mol. The van der Waals surface area contributed by atoms with Crippen LogP contribution in [0.2, 0.25) is 0 Å². The van der Waals surface area contributed by atoms with Crippen molar-refractivity contribution in [3.05, 3.63) is 12.2 Å². The lowest BCUT2D eigenvalue weighted by Gasteiger charge is -2.36. The maximum atomic E-state index is 5.83. The third-order valence-corrected chi connectivity index (χ3v) is 3.54. The smallest absolute Gasteiger partial charge is 0.0723 e. The van der Waals surface area contributed by atoms with Crippen molar-refractivity contribution >= 4 is 0 Å². The fourth-order valence-corrected chi connectivity index (χ4v) is 2.74. The van der Waals surface area contributed by atoms with Crippen molar-refractivity contribution in [3.63, 3.8) is 0 Å². The topological polar surface area (TPSA) is 9.23 Å². The number of allylic oxidation sites excluding steroid dienone is 1. The summed E-state index contributed by atoms with van der Waals surface area (Å²) in [4.78, 5) is 0. The Balaban J connectivity index is 2.21. The Bertz CT molecular complexity index is 197. The first kappa shape index (κ1) is 8.31. The Morgan fingerprint density at radius 1 is 1.58 bits per heavy atom. The Morgan fingerprint density at radius 3 is 3.17 bits per heavy atom. The highest BCUT2D eigenvalue weighted by Crippen LogP contribution is 2.44. The van der Waals surface area contributed by atoms with Gasteiger partial charge in [0.15, 0.2) is 0 Å². The first-order valence-electron chi connectivity index (χ1n) is 5.07. The summed E-state index contributed by atoms with van der Waals surface area (Å²) >= 11 is 0. The molecule has 0 N–H and O–H groups in total. The number of rotatable bonds is 1. The lowest BCUT2D eigenvalue weighted by Crippen LogP contribution is -2.37. The molecule has 2 aliphatic rings. The van der Waals surface area contributed by atoms with Crippen LogP contribution in [0.15, 0.2) is 12.2 Å². The van der Waals surface area contributed by atoms with Gasteiger partial charge in [-0.1, -0.05) is 19.1 Å². The van der Waals surface area contributed by atoms with Crippen LogP contribution in [-0.2, 0) is 4.74 Å². The molecule has 0 amide bonds. The van der Waals surface area contributed by atoms with Crippen molar-refractivity contribution in [2.45, 2.75) is 38.7 Å². The summed E-state index contributed by atoms with van der Waals surface area (Å²) < 4.78 is 5.83. The molecule has 0 aromatic rings. The number of hydrogen-bond donors (Lipinski definition) is 0. The van der Waals surface area contributed by atoms with E-state index in [1.807, 2.05) is 0 Å². The first-order chi connectivity index (χ1) is 5.76. The summed E-state index contributed by atoms with van der Waals surface area (Å²) in [6.45, 7) is 5.52. The van der Waals surface area contributed by atoms with E-state index in [0.29, 0.717) is 0 Å². The molecule has 0 aromatic heterocycles. The normalized spacial score (nSPS) is 46.2. The quantitative estimate of drug-likeness (QED) is 0.544. The predicted molar refractivity (Wildman–Crippen MR) is 50.0 cm³/mol. The van der Waals surface area contributed by atoms with Crippen molar-refractivity contribution in [3.8, 4) is 0 Å². The third-order valence-electron chi connectivity index (χ3n) is 3.54. The van der Waals surface area contributed by atoms with Gasteiger partial charge in [-0.25, -0.2) is 0 Å². The molecule has 68 valence electrons. The number of hydrogen-bond acceptors (Lipinski definition) is 1. The lowest BCUT2D eigenvalue weighted by molar-refractivity contribution is -0.0176. The van der Waals surface area contributed by atoms with Crippen molar-refractivity contribution < 1.29 is 4.74 Å². The van der Waals surface area contributed by atoms with E-state index in [1.54, 1.807) is 0 Å². The van der Waals surface area contributed by atoms with Crippen LogP contribution in [0.4, 0.5) is 0 Å². The van der Waals surface area contributed by atoms with Crippen molar-refractivity contribution in [1.29, 1.82) is 0 Å². The molecule has 12 heavy (non-hydrogen) atoms. The number of fused-ring (bicyclic) bond motifs is 1. The molecule has 0 unspecified atom stereocenters. The molecule has 1 nitrogen and oxygen atoms in total. The van der Waals surface area contributed by atoms with Crippen LogP contribution >= 0.6 is 0 Å². The Kier molecular flexibility index (Phi) is 1.99. The summed E-state index contributed by atoms with van der Waals surface area (Å²) in [6.07, 6.45) is 8.34. The fraction of sp³-hybridized carbons (Fsp3) is 0.818. The molecule has 1 aliphatic carbocycles.